The van der Waals surface area contributed by atoms with Crippen molar-refractivity contribution in [3.8, 4) is 0 Å². The van der Waals surface area contributed by atoms with Gasteiger partial charge >= 0.3 is 0 Å². The van der Waals surface area contributed by atoms with Gasteiger partial charge in [0.2, 0.25) is 0 Å². The predicted molar refractivity (Wildman–Crippen MR) is 61.1 cm³/mol. The molecule has 0 unspecified atom stereocenters. The molecule has 0 radical (unpaired) electrons. The summed E-state index contributed by atoms with van der Waals surface area (Å²) >= 11 is 1.42. The highest BCUT2D eigenvalue weighted by atomic mass is 32.1. The maximum atomic E-state index is 11.3. The second-order valence-corrected chi connectivity index (χ2v) is 4.32. The summed E-state index contributed by atoms with van der Waals surface area (Å²) in [7, 11) is 0. The lowest BCUT2D eigenvalue weighted by molar-refractivity contribution is 0.796. The van der Waals surface area contributed by atoms with Crippen molar-refractivity contribution >= 4 is 21.6 Å². The Morgan fingerprint density at radius 3 is 3.07 bits per heavy atom. The molecule has 14 heavy (non-hydrogen) atoms. The van der Waals surface area contributed by atoms with Crippen LogP contribution in [0.4, 0.5) is 0 Å². The second kappa shape index (κ2) is 3.96. The summed E-state index contributed by atoms with van der Waals surface area (Å²) in [4.78, 5) is 11.3. The largest absolute Gasteiger partial charge is 0.277 e. The number of aromatic amines is 1. The van der Waals surface area contributed by atoms with E-state index in [0.717, 1.165) is 16.5 Å². The van der Waals surface area contributed by atoms with Crippen molar-refractivity contribution in [2.24, 2.45) is 0 Å². The van der Waals surface area contributed by atoms with E-state index in [-0.39, 0.29) is 5.56 Å². The first-order valence-corrected chi connectivity index (χ1v) is 5.73. The fourth-order valence-corrected chi connectivity index (χ4v) is 2.33. The van der Waals surface area contributed by atoms with Crippen molar-refractivity contribution in [1.29, 1.82) is 0 Å². The van der Waals surface area contributed by atoms with E-state index in [1.165, 1.54) is 29.9 Å². The van der Waals surface area contributed by atoms with E-state index in [1.807, 2.05) is 6.07 Å². The van der Waals surface area contributed by atoms with Crippen LogP contribution in [0.2, 0.25) is 0 Å². The molecule has 0 fully saturated rings. The summed E-state index contributed by atoms with van der Waals surface area (Å²) in [5.41, 5.74) is 1.36. The van der Waals surface area contributed by atoms with Gasteiger partial charge in [0.15, 0.2) is 0 Å². The summed E-state index contributed by atoms with van der Waals surface area (Å²) in [6.45, 7) is 2.19. The first-order chi connectivity index (χ1) is 6.81. The van der Waals surface area contributed by atoms with Gasteiger partial charge in [-0.15, -0.1) is 0 Å². The van der Waals surface area contributed by atoms with E-state index < -0.39 is 0 Å². The zero-order valence-corrected chi connectivity index (χ0v) is 8.99. The van der Waals surface area contributed by atoms with Crippen LogP contribution in [0.3, 0.4) is 0 Å². The topological polar surface area (TPSA) is 32.9 Å². The van der Waals surface area contributed by atoms with Crippen molar-refractivity contribution in [3.63, 3.8) is 0 Å². The van der Waals surface area contributed by atoms with Crippen LogP contribution < -0.4 is 5.56 Å². The maximum absolute atomic E-state index is 11.3. The lowest BCUT2D eigenvalue weighted by Crippen LogP contribution is -1.95. The van der Waals surface area contributed by atoms with Gasteiger partial charge in [-0.2, -0.15) is 0 Å². The Balaban J connectivity index is 2.37. The van der Waals surface area contributed by atoms with Gasteiger partial charge in [0.1, 0.15) is 0 Å². The molecule has 2 nitrogen and oxygen atoms in total. The highest BCUT2D eigenvalue weighted by molar-refractivity contribution is 7.13. The Morgan fingerprint density at radius 2 is 2.29 bits per heavy atom. The minimum Gasteiger partial charge on any atom is -0.277 e. The average Bonchev–Trinajstić information content (AvgIpc) is 2.57. The van der Waals surface area contributed by atoms with Crippen LogP contribution in [0.15, 0.2) is 23.0 Å². The second-order valence-electron chi connectivity index (χ2n) is 3.47. The van der Waals surface area contributed by atoms with Crippen molar-refractivity contribution in [1.82, 2.24) is 4.37 Å². The lowest BCUT2D eigenvalue weighted by Gasteiger charge is -1.98. The lowest BCUT2D eigenvalue weighted by atomic mass is 10.1. The van der Waals surface area contributed by atoms with Crippen molar-refractivity contribution in [2.45, 2.75) is 26.2 Å². The average molecular weight is 207 g/mol. The number of aryl methyl sites for hydroxylation is 1. The molecule has 0 amide bonds. The standard InChI is InChI=1S/C11H13NOS/c1-2-3-4-8-5-6-9-10(7-8)14-12-11(9)13/h5-7H,2-4H2,1H3,(H,12,13). The SMILES string of the molecule is CCCCc1ccc2c(=O)[nH]sc2c1. The van der Waals surface area contributed by atoms with Crippen molar-refractivity contribution in [2.75, 3.05) is 0 Å². The first kappa shape index (κ1) is 9.46. The molecule has 0 atom stereocenters. The molecule has 2 rings (SSSR count). The minimum absolute atomic E-state index is 0.0343. The molecule has 0 bridgehead atoms. The van der Waals surface area contributed by atoms with E-state index >= 15 is 0 Å². The highest BCUT2D eigenvalue weighted by Crippen LogP contribution is 2.17. The monoisotopic (exact) mass is 207 g/mol. The van der Waals surface area contributed by atoms with Gasteiger partial charge in [-0.05, 0) is 30.5 Å². The quantitative estimate of drug-likeness (QED) is 0.824. The molecule has 1 heterocycles. The molecule has 2 aromatic rings. The Labute approximate surface area is 86.7 Å². The number of hydrogen-bond donors (Lipinski definition) is 1. The Hall–Kier alpha value is -1.09. The molecule has 1 N–H and O–H groups in total. The van der Waals surface area contributed by atoms with E-state index in [9.17, 15) is 4.79 Å². The zero-order valence-electron chi connectivity index (χ0n) is 8.17. The number of hydrogen-bond acceptors (Lipinski definition) is 2. The van der Waals surface area contributed by atoms with Crippen molar-refractivity contribution in [3.05, 3.63) is 34.1 Å². The van der Waals surface area contributed by atoms with Gasteiger partial charge in [0, 0.05) is 0 Å². The third-order valence-corrected chi connectivity index (χ3v) is 3.21. The smallest absolute Gasteiger partial charge is 0.265 e. The van der Waals surface area contributed by atoms with Gasteiger partial charge in [0.05, 0.1) is 10.1 Å². The van der Waals surface area contributed by atoms with Crippen LogP contribution in [0.1, 0.15) is 25.3 Å². The van der Waals surface area contributed by atoms with E-state index in [1.54, 1.807) is 0 Å². The van der Waals surface area contributed by atoms with E-state index in [4.69, 9.17) is 0 Å². The molecular formula is C11H13NOS. The van der Waals surface area contributed by atoms with Crippen LogP contribution in [0, 0.1) is 0 Å². The fourth-order valence-electron chi connectivity index (χ4n) is 1.53. The van der Waals surface area contributed by atoms with E-state index in [2.05, 4.69) is 23.4 Å². The number of nitrogens with one attached hydrogen (secondary N) is 1. The molecule has 0 aliphatic rings. The van der Waals surface area contributed by atoms with Gasteiger partial charge in [-0.25, -0.2) is 0 Å². The molecule has 0 spiro atoms. The molecule has 0 saturated carbocycles. The van der Waals surface area contributed by atoms with Gasteiger partial charge in [0.25, 0.3) is 5.56 Å². The third kappa shape index (κ3) is 1.73. The molecule has 3 heteroatoms. The number of aromatic nitrogens is 1. The predicted octanol–water partition coefficient (Wildman–Crippen LogP) is 2.93. The Bertz CT molecular complexity index is 483. The summed E-state index contributed by atoms with van der Waals surface area (Å²) < 4.78 is 3.82. The van der Waals surface area contributed by atoms with Crippen LogP contribution in [0.5, 0.6) is 0 Å². The molecule has 1 aromatic carbocycles. The van der Waals surface area contributed by atoms with Gasteiger partial charge in [-0.3, -0.25) is 9.17 Å². The maximum Gasteiger partial charge on any atom is 0.265 e. The van der Waals surface area contributed by atoms with Gasteiger partial charge in [-0.1, -0.05) is 30.9 Å². The van der Waals surface area contributed by atoms with E-state index in [0.29, 0.717) is 0 Å². The molecular weight excluding hydrogens is 194 g/mol. The van der Waals surface area contributed by atoms with Crippen LogP contribution >= 0.6 is 11.5 Å². The van der Waals surface area contributed by atoms with Crippen LogP contribution in [-0.2, 0) is 6.42 Å². The molecule has 0 aliphatic heterocycles. The summed E-state index contributed by atoms with van der Waals surface area (Å²) in [5.74, 6) is 0. The molecule has 1 aromatic heterocycles. The first-order valence-electron chi connectivity index (χ1n) is 4.91. The third-order valence-electron chi connectivity index (χ3n) is 2.36. The number of unbranched alkanes of at least 4 members (excludes halogenated alkanes) is 1. The fraction of sp³-hybridized carbons (Fsp3) is 0.364. The summed E-state index contributed by atoms with van der Waals surface area (Å²) in [5, 5.41) is 0.815. The Kier molecular flexibility index (Phi) is 2.68. The minimum atomic E-state index is 0.0343. The number of fused-ring (bicyclic) bond motifs is 1. The van der Waals surface area contributed by atoms with Crippen molar-refractivity contribution < 1.29 is 0 Å². The van der Waals surface area contributed by atoms with Crippen LogP contribution in [-0.4, -0.2) is 4.37 Å². The molecule has 0 saturated heterocycles. The zero-order chi connectivity index (χ0) is 9.97. The Morgan fingerprint density at radius 1 is 1.43 bits per heavy atom. The normalized spacial score (nSPS) is 10.9. The number of rotatable bonds is 3. The number of H-pyrrole nitrogens is 1. The summed E-state index contributed by atoms with van der Waals surface area (Å²) in [6.07, 6.45) is 3.53. The molecule has 74 valence electrons. The summed E-state index contributed by atoms with van der Waals surface area (Å²) in [6, 6.07) is 6.10. The van der Waals surface area contributed by atoms with Crippen LogP contribution in [0.25, 0.3) is 10.1 Å². The molecule has 0 aliphatic carbocycles. The van der Waals surface area contributed by atoms with Gasteiger partial charge < -0.3 is 0 Å². The highest BCUT2D eigenvalue weighted by Gasteiger charge is 2.01. The number of benzene rings is 1.